The van der Waals surface area contributed by atoms with Crippen molar-refractivity contribution in [1.29, 1.82) is 0 Å². The predicted octanol–water partition coefficient (Wildman–Crippen LogP) is 3.58. The van der Waals surface area contributed by atoms with Crippen LogP contribution in [0.1, 0.15) is 30.1 Å². The number of ketones is 1. The average molecular weight is 262 g/mol. The summed E-state index contributed by atoms with van der Waals surface area (Å²) in [4.78, 5) is 22.7. The van der Waals surface area contributed by atoms with E-state index in [2.05, 4.69) is 0 Å². The normalized spacial score (nSPS) is 12.5. The maximum atomic E-state index is 12.1. The number of aliphatic carboxylic acids is 1. The third kappa shape index (κ3) is 2.76. The average Bonchev–Trinajstić information content (AvgIpc) is 2.71. The molecule has 0 radical (unpaired) electrons. The molecule has 0 aliphatic carbocycles. The van der Waals surface area contributed by atoms with E-state index in [1.807, 2.05) is 29.6 Å². The lowest BCUT2D eigenvalue weighted by Gasteiger charge is -2.06. The van der Waals surface area contributed by atoms with E-state index in [9.17, 15) is 9.59 Å². The van der Waals surface area contributed by atoms with Crippen molar-refractivity contribution in [3.05, 3.63) is 35.2 Å². The molecule has 0 fully saturated rings. The molecule has 1 aromatic heterocycles. The highest BCUT2D eigenvalue weighted by Crippen LogP contribution is 2.27. The first-order valence-electron chi connectivity index (χ1n) is 5.79. The molecule has 1 unspecified atom stereocenters. The SMILES string of the molecule is CC(CC(=O)O)CC(=O)c1csc2ccccc12. The number of fused-ring (bicyclic) bond motifs is 1. The van der Waals surface area contributed by atoms with Gasteiger partial charge in [0.1, 0.15) is 0 Å². The number of thiophene rings is 1. The van der Waals surface area contributed by atoms with Crippen LogP contribution in [0.2, 0.25) is 0 Å². The summed E-state index contributed by atoms with van der Waals surface area (Å²) in [7, 11) is 0. The van der Waals surface area contributed by atoms with Crippen LogP contribution < -0.4 is 0 Å². The van der Waals surface area contributed by atoms with Gasteiger partial charge in [0.2, 0.25) is 0 Å². The fourth-order valence-corrected chi connectivity index (χ4v) is 2.96. The van der Waals surface area contributed by atoms with Crippen molar-refractivity contribution in [2.24, 2.45) is 5.92 Å². The Hall–Kier alpha value is -1.68. The van der Waals surface area contributed by atoms with Gasteiger partial charge in [0.05, 0.1) is 0 Å². The smallest absolute Gasteiger partial charge is 0.303 e. The Morgan fingerprint density at radius 3 is 2.72 bits per heavy atom. The maximum absolute atomic E-state index is 12.1. The van der Waals surface area contributed by atoms with Gasteiger partial charge < -0.3 is 5.11 Å². The van der Waals surface area contributed by atoms with Crippen LogP contribution in [-0.4, -0.2) is 16.9 Å². The van der Waals surface area contributed by atoms with Crippen molar-refractivity contribution < 1.29 is 14.7 Å². The summed E-state index contributed by atoms with van der Waals surface area (Å²) in [5, 5.41) is 11.5. The first-order valence-corrected chi connectivity index (χ1v) is 6.67. The summed E-state index contributed by atoms with van der Waals surface area (Å²) < 4.78 is 1.09. The largest absolute Gasteiger partial charge is 0.481 e. The van der Waals surface area contributed by atoms with Crippen molar-refractivity contribution in [3.8, 4) is 0 Å². The van der Waals surface area contributed by atoms with E-state index in [0.29, 0.717) is 5.56 Å². The van der Waals surface area contributed by atoms with Gasteiger partial charge in [-0.15, -0.1) is 11.3 Å². The molecule has 0 saturated heterocycles. The molecule has 0 aliphatic rings. The van der Waals surface area contributed by atoms with Gasteiger partial charge in [-0.1, -0.05) is 25.1 Å². The molecule has 94 valence electrons. The lowest BCUT2D eigenvalue weighted by atomic mass is 9.97. The third-order valence-corrected chi connectivity index (χ3v) is 3.80. The zero-order chi connectivity index (χ0) is 13.1. The minimum Gasteiger partial charge on any atom is -0.481 e. The molecule has 0 amide bonds. The summed E-state index contributed by atoms with van der Waals surface area (Å²) in [6.07, 6.45) is 0.320. The monoisotopic (exact) mass is 262 g/mol. The van der Waals surface area contributed by atoms with Gasteiger partial charge in [0.15, 0.2) is 5.78 Å². The van der Waals surface area contributed by atoms with Crippen molar-refractivity contribution in [1.82, 2.24) is 0 Å². The van der Waals surface area contributed by atoms with Crippen molar-refractivity contribution in [3.63, 3.8) is 0 Å². The Balaban J connectivity index is 2.16. The zero-order valence-corrected chi connectivity index (χ0v) is 10.9. The Labute approximate surface area is 109 Å². The second-order valence-electron chi connectivity index (χ2n) is 4.48. The van der Waals surface area contributed by atoms with E-state index in [1.165, 1.54) is 0 Å². The van der Waals surface area contributed by atoms with Crippen molar-refractivity contribution >= 4 is 33.2 Å². The Kier molecular flexibility index (Phi) is 3.77. The van der Waals surface area contributed by atoms with E-state index >= 15 is 0 Å². The highest BCUT2D eigenvalue weighted by molar-refractivity contribution is 7.17. The molecule has 0 aliphatic heterocycles. The molecule has 0 spiro atoms. The molecule has 4 heteroatoms. The minimum atomic E-state index is -0.856. The molecule has 18 heavy (non-hydrogen) atoms. The van der Waals surface area contributed by atoms with Crippen LogP contribution in [0.3, 0.4) is 0 Å². The Morgan fingerprint density at radius 1 is 1.28 bits per heavy atom. The summed E-state index contributed by atoms with van der Waals surface area (Å²) in [6.45, 7) is 1.79. The van der Waals surface area contributed by atoms with Crippen LogP contribution in [0.25, 0.3) is 10.1 Å². The Morgan fingerprint density at radius 2 is 2.00 bits per heavy atom. The summed E-state index contributed by atoms with van der Waals surface area (Å²) in [5.74, 6) is -0.958. The standard InChI is InChI=1S/C14H14O3S/c1-9(7-14(16)17)6-12(15)11-8-18-13-5-3-2-4-10(11)13/h2-5,8-9H,6-7H2,1H3,(H,16,17). The Bertz CT molecular complexity index is 585. The van der Waals surface area contributed by atoms with Gasteiger partial charge in [-0.05, 0) is 12.0 Å². The number of benzene rings is 1. The number of carboxylic acid groups (broad SMARTS) is 1. The lowest BCUT2D eigenvalue weighted by molar-refractivity contribution is -0.137. The van der Waals surface area contributed by atoms with Gasteiger partial charge >= 0.3 is 5.97 Å². The quantitative estimate of drug-likeness (QED) is 0.838. The third-order valence-electron chi connectivity index (χ3n) is 2.84. The number of Topliss-reactive ketones (excluding diaryl/α,β-unsaturated/α-hetero) is 1. The number of carbonyl (C=O) groups excluding carboxylic acids is 1. The van der Waals surface area contributed by atoms with Crippen LogP contribution in [0.4, 0.5) is 0 Å². The number of hydrogen-bond acceptors (Lipinski definition) is 3. The van der Waals surface area contributed by atoms with Gasteiger partial charge in [-0.25, -0.2) is 0 Å². The van der Waals surface area contributed by atoms with E-state index in [0.717, 1.165) is 10.1 Å². The number of carboxylic acids is 1. The lowest BCUT2D eigenvalue weighted by Crippen LogP contribution is -2.10. The van der Waals surface area contributed by atoms with E-state index in [-0.39, 0.29) is 24.5 Å². The summed E-state index contributed by atoms with van der Waals surface area (Å²) in [5.41, 5.74) is 0.716. The first kappa shape index (κ1) is 12.8. The minimum absolute atomic E-state index is 0.0289. The molecule has 1 aromatic carbocycles. The predicted molar refractivity (Wildman–Crippen MR) is 72.2 cm³/mol. The molecule has 0 bridgehead atoms. The van der Waals surface area contributed by atoms with E-state index < -0.39 is 5.97 Å². The van der Waals surface area contributed by atoms with Crippen LogP contribution in [-0.2, 0) is 4.79 Å². The van der Waals surface area contributed by atoms with Crippen molar-refractivity contribution in [2.75, 3.05) is 0 Å². The first-order chi connectivity index (χ1) is 8.58. The highest BCUT2D eigenvalue weighted by Gasteiger charge is 2.16. The molecular weight excluding hydrogens is 248 g/mol. The fraction of sp³-hybridized carbons (Fsp3) is 0.286. The van der Waals surface area contributed by atoms with Crippen LogP contribution in [0.5, 0.6) is 0 Å². The molecule has 1 atom stereocenters. The molecular formula is C14H14O3S. The molecule has 1 N–H and O–H groups in total. The van der Waals surface area contributed by atoms with E-state index in [1.54, 1.807) is 18.3 Å². The van der Waals surface area contributed by atoms with Crippen LogP contribution in [0.15, 0.2) is 29.6 Å². The second-order valence-corrected chi connectivity index (χ2v) is 5.39. The maximum Gasteiger partial charge on any atom is 0.303 e. The molecule has 1 heterocycles. The number of hydrogen-bond donors (Lipinski definition) is 1. The molecule has 2 aromatic rings. The molecule has 0 saturated carbocycles. The fourth-order valence-electron chi connectivity index (χ4n) is 1.99. The van der Waals surface area contributed by atoms with Gasteiger partial charge in [-0.2, -0.15) is 0 Å². The van der Waals surface area contributed by atoms with E-state index in [4.69, 9.17) is 5.11 Å². The number of carbonyl (C=O) groups is 2. The zero-order valence-electron chi connectivity index (χ0n) is 10.1. The van der Waals surface area contributed by atoms with Gasteiger partial charge in [0.25, 0.3) is 0 Å². The summed E-state index contributed by atoms with van der Waals surface area (Å²) >= 11 is 1.55. The highest BCUT2D eigenvalue weighted by atomic mass is 32.1. The second kappa shape index (κ2) is 5.31. The van der Waals surface area contributed by atoms with Crippen LogP contribution >= 0.6 is 11.3 Å². The number of rotatable bonds is 5. The molecule has 2 rings (SSSR count). The molecule has 3 nitrogen and oxygen atoms in total. The van der Waals surface area contributed by atoms with Gasteiger partial charge in [0, 0.05) is 33.9 Å². The van der Waals surface area contributed by atoms with Crippen molar-refractivity contribution in [2.45, 2.75) is 19.8 Å². The summed E-state index contributed by atoms with van der Waals surface area (Å²) in [6, 6.07) is 7.77. The topological polar surface area (TPSA) is 54.4 Å². The van der Waals surface area contributed by atoms with Crippen LogP contribution in [0, 0.1) is 5.92 Å². The van der Waals surface area contributed by atoms with Gasteiger partial charge in [-0.3, -0.25) is 9.59 Å².